The van der Waals surface area contributed by atoms with E-state index in [2.05, 4.69) is 5.32 Å². The smallest absolute Gasteiger partial charge is 0.322 e. The molecule has 1 aliphatic heterocycles. The molecule has 0 aromatic heterocycles. The molecule has 1 saturated heterocycles. The molecule has 3 amide bonds. The SMILES string of the molecule is O=C1NC(=O)[C@H](CCS(=O)(=O)Cl)N1. The lowest BCUT2D eigenvalue weighted by atomic mass is 10.2. The summed E-state index contributed by atoms with van der Waals surface area (Å²) in [5.41, 5.74) is 0. The van der Waals surface area contributed by atoms with Crippen LogP contribution in [0.2, 0.25) is 0 Å². The van der Waals surface area contributed by atoms with Crippen molar-refractivity contribution < 1.29 is 18.0 Å². The molecule has 1 rings (SSSR count). The maximum Gasteiger partial charge on any atom is 0.322 e. The van der Waals surface area contributed by atoms with Crippen LogP contribution >= 0.6 is 10.7 Å². The predicted molar refractivity (Wildman–Crippen MR) is 44.7 cm³/mol. The van der Waals surface area contributed by atoms with Crippen molar-refractivity contribution >= 4 is 31.7 Å². The van der Waals surface area contributed by atoms with Gasteiger partial charge < -0.3 is 5.32 Å². The highest BCUT2D eigenvalue weighted by molar-refractivity contribution is 8.13. The van der Waals surface area contributed by atoms with E-state index < -0.39 is 27.0 Å². The number of carbonyl (C=O) groups excluding carboxylic acids is 2. The van der Waals surface area contributed by atoms with Gasteiger partial charge in [-0.25, -0.2) is 13.2 Å². The zero-order chi connectivity index (χ0) is 10.1. The van der Waals surface area contributed by atoms with Crippen LogP contribution in [0.4, 0.5) is 4.79 Å². The summed E-state index contributed by atoms with van der Waals surface area (Å²) in [5.74, 6) is -0.863. The molecular formula is C5H7ClN2O4S. The van der Waals surface area contributed by atoms with Gasteiger partial charge in [-0.15, -0.1) is 0 Å². The minimum atomic E-state index is -3.61. The molecule has 8 heteroatoms. The Balaban J connectivity index is 2.47. The fourth-order valence-electron chi connectivity index (χ4n) is 0.921. The van der Waals surface area contributed by atoms with Gasteiger partial charge in [0.1, 0.15) is 6.04 Å². The second-order valence-electron chi connectivity index (χ2n) is 2.55. The normalized spacial score (nSPS) is 22.7. The first-order valence-electron chi connectivity index (χ1n) is 3.42. The first kappa shape index (κ1) is 10.3. The van der Waals surface area contributed by atoms with Gasteiger partial charge >= 0.3 is 6.03 Å². The molecule has 0 spiro atoms. The quantitative estimate of drug-likeness (QED) is 0.485. The Bertz CT molecular complexity index is 338. The van der Waals surface area contributed by atoms with Crippen molar-refractivity contribution in [1.82, 2.24) is 10.6 Å². The molecule has 0 unspecified atom stereocenters. The van der Waals surface area contributed by atoms with Gasteiger partial charge in [0.05, 0.1) is 5.75 Å². The Morgan fingerprint density at radius 2 is 2.00 bits per heavy atom. The van der Waals surface area contributed by atoms with Crippen molar-refractivity contribution in [3.05, 3.63) is 0 Å². The van der Waals surface area contributed by atoms with Crippen LogP contribution < -0.4 is 10.6 Å². The summed E-state index contributed by atoms with van der Waals surface area (Å²) < 4.78 is 21.0. The van der Waals surface area contributed by atoms with Gasteiger partial charge in [-0.3, -0.25) is 10.1 Å². The summed E-state index contributed by atoms with van der Waals surface area (Å²) in [7, 11) is 1.31. The van der Waals surface area contributed by atoms with Crippen molar-refractivity contribution in [1.29, 1.82) is 0 Å². The fourth-order valence-corrected chi connectivity index (χ4v) is 1.71. The predicted octanol–water partition coefficient (Wildman–Crippen LogP) is -0.847. The largest absolute Gasteiger partial charge is 0.326 e. The number of amides is 3. The highest BCUT2D eigenvalue weighted by Gasteiger charge is 2.29. The van der Waals surface area contributed by atoms with E-state index in [0.717, 1.165) is 0 Å². The van der Waals surface area contributed by atoms with Gasteiger partial charge in [-0.1, -0.05) is 0 Å². The molecule has 74 valence electrons. The summed E-state index contributed by atoms with van der Waals surface area (Å²) in [6.45, 7) is 0. The van der Waals surface area contributed by atoms with Crippen molar-refractivity contribution in [2.45, 2.75) is 12.5 Å². The minimum absolute atomic E-state index is 0.0105. The molecule has 0 aliphatic carbocycles. The standard InChI is InChI=1S/C5H7ClN2O4S/c6-13(11,12)2-1-3-4(9)8-5(10)7-3/h3H,1-2H2,(H2,7,8,9,10)/t3-/m0/s1. The van der Waals surface area contributed by atoms with Crippen molar-refractivity contribution in [3.63, 3.8) is 0 Å². The highest BCUT2D eigenvalue weighted by atomic mass is 35.7. The number of hydrogen-bond donors (Lipinski definition) is 2. The van der Waals surface area contributed by atoms with Crippen LogP contribution in [0.3, 0.4) is 0 Å². The van der Waals surface area contributed by atoms with Gasteiger partial charge in [0, 0.05) is 10.7 Å². The minimum Gasteiger partial charge on any atom is -0.326 e. The summed E-state index contributed by atoms with van der Waals surface area (Å²) in [6, 6.07) is -1.40. The first-order valence-corrected chi connectivity index (χ1v) is 5.90. The lowest BCUT2D eigenvalue weighted by Gasteiger charge is -2.03. The molecule has 2 N–H and O–H groups in total. The molecule has 0 bridgehead atoms. The van der Waals surface area contributed by atoms with Crippen molar-refractivity contribution in [2.75, 3.05) is 5.75 Å². The average molecular weight is 227 g/mol. The first-order chi connectivity index (χ1) is 5.88. The number of rotatable bonds is 3. The van der Waals surface area contributed by atoms with Gasteiger partial charge in [0.15, 0.2) is 0 Å². The Labute approximate surface area is 79.0 Å². The van der Waals surface area contributed by atoms with E-state index in [9.17, 15) is 18.0 Å². The Morgan fingerprint density at radius 1 is 1.38 bits per heavy atom. The number of urea groups is 1. The Morgan fingerprint density at radius 3 is 2.38 bits per heavy atom. The molecule has 13 heavy (non-hydrogen) atoms. The maximum absolute atomic E-state index is 10.9. The third-order valence-corrected chi connectivity index (χ3v) is 2.70. The summed E-state index contributed by atoms with van der Waals surface area (Å²) in [6.07, 6.45) is -0.0105. The third kappa shape index (κ3) is 3.19. The van der Waals surface area contributed by atoms with Gasteiger partial charge in [0.2, 0.25) is 9.05 Å². The van der Waals surface area contributed by atoms with Crippen molar-refractivity contribution in [2.24, 2.45) is 0 Å². The molecule has 1 fully saturated rings. The van der Waals surface area contributed by atoms with E-state index in [-0.39, 0.29) is 12.2 Å². The number of hydrogen-bond acceptors (Lipinski definition) is 4. The van der Waals surface area contributed by atoms with Gasteiger partial charge in [-0.2, -0.15) is 0 Å². The average Bonchev–Trinajstić information content (AvgIpc) is 2.24. The Hall–Kier alpha value is -0.820. The molecular weight excluding hydrogens is 220 g/mol. The van der Waals surface area contributed by atoms with E-state index >= 15 is 0 Å². The van der Waals surface area contributed by atoms with Crippen LogP contribution in [0.15, 0.2) is 0 Å². The topological polar surface area (TPSA) is 92.3 Å². The molecule has 1 heterocycles. The molecule has 1 atom stereocenters. The lowest BCUT2D eigenvalue weighted by molar-refractivity contribution is -0.120. The monoisotopic (exact) mass is 226 g/mol. The van der Waals surface area contributed by atoms with Crippen LogP contribution in [0.25, 0.3) is 0 Å². The number of nitrogens with one attached hydrogen (secondary N) is 2. The summed E-state index contributed by atoms with van der Waals surface area (Å²) in [5, 5.41) is 4.23. The fraction of sp³-hybridized carbons (Fsp3) is 0.600. The van der Waals surface area contributed by atoms with Crippen LogP contribution in [0, 0.1) is 0 Å². The van der Waals surface area contributed by atoms with E-state index in [1.807, 2.05) is 5.32 Å². The second-order valence-corrected chi connectivity index (χ2v) is 5.44. The summed E-state index contributed by atoms with van der Waals surface area (Å²) in [4.78, 5) is 21.4. The van der Waals surface area contributed by atoms with Gasteiger partial charge in [-0.05, 0) is 6.42 Å². The van der Waals surface area contributed by atoms with E-state index in [1.54, 1.807) is 0 Å². The number of imide groups is 1. The number of carbonyl (C=O) groups is 2. The van der Waals surface area contributed by atoms with E-state index in [0.29, 0.717) is 0 Å². The molecule has 1 aliphatic rings. The Kier molecular flexibility index (Phi) is 2.77. The lowest BCUT2D eigenvalue weighted by Crippen LogP contribution is -2.30. The number of halogens is 1. The maximum atomic E-state index is 10.9. The molecule has 0 radical (unpaired) electrons. The highest BCUT2D eigenvalue weighted by Crippen LogP contribution is 2.04. The van der Waals surface area contributed by atoms with Crippen molar-refractivity contribution in [3.8, 4) is 0 Å². The third-order valence-electron chi connectivity index (χ3n) is 1.51. The van der Waals surface area contributed by atoms with Gasteiger partial charge in [0.25, 0.3) is 5.91 Å². The second kappa shape index (κ2) is 3.51. The molecule has 6 nitrogen and oxygen atoms in total. The molecule has 0 aromatic carbocycles. The van der Waals surface area contributed by atoms with E-state index in [1.165, 1.54) is 0 Å². The van der Waals surface area contributed by atoms with Crippen LogP contribution in [-0.2, 0) is 13.8 Å². The van der Waals surface area contributed by atoms with Crippen LogP contribution in [0.1, 0.15) is 6.42 Å². The zero-order valence-electron chi connectivity index (χ0n) is 6.41. The molecule has 0 aromatic rings. The summed E-state index contributed by atoms with van der Waals surface area (Å²) >= 11 is 0. The van der Waals surface area contributed by atoms with E-state index in [4.69, 9.17) is 10.7 Å². The van der Waals surface area contributed by atoms with Crippen LogP contribution in [-0.4, -0.2) is 32.2 Å². The van der Waals surface area contributed by atoms with Crippen LogP contribution in [0.5, 0.6) is 0 Å². The molecule has 0 saturated carbocycles. The zero-order valence-corrected chi connectivity index (χ0v) is 7.98.